The van der Waals surface area contributed by atoms with Crippen LogP contribution in [0.3, 0.4) is 0 Å². The predicted octanol–water partition coefficient (Wildman–Crippen LogP) is 1.29. The summed E-state index contributed by atoms with van der Waals surface area (Å²) in [5.41, 5.74) is 7.44. The van der Waals surface area contributed by atoms with Crippen LogP contribution in [-0.2, 0) is 7.05 Å². The van der Waals surface area contributed by atoms with Crippen molar-refractivity contribution in [3.63, 3.8) is 0 Å². The largest absolute Gasteiger partial charge is 0.322 e. The molecule has 0 radical (unpaired) electrons. The summed E-state index contributed by atoms with van der Waals surface area (Å²) in [5, 5.41) is 4.45. The number of hydrogen-bond acceptors (Lipinski definition) is 3. The summed E-state index contributed by atoms with van der Waals surface area (Å²) in [6.45, 7) is 0. The number of rotatable bonds is 2. The second-order valence-electron chi connectivity index (χ2n) is 5.72. The van der Waals surface area contributed by atoms with Gasteiger partial charge in [-0.3, -0.25) is 4.68 Å². The summed E-state index contributed by atoms with van der Waals surface area (Å²) >= 11 is 0. The van der Waals surface area contributed by atoms with Gasteiger partial charge in [0.1, 0.15) is 0 Å². The molecule has 0 aliphatic carbocycles. The molecular weight excluding hydrogens is 212 g/mol. The number of nitrogens with zero attached hydrogens (tertiary/aromatic N) is 3. The van der Waals surface area contributed by atoms with Crippen molar-refractivity contribution in [3.05, 3.63) is 18.0 Å². The van der Waals surface area contributed by atoms with Crippen LogP contribution in [0.25, 0.3) is 0 Å². The molecule has 0 amide bonds. The van der Waals surface area contributed by atoms with Crippen LogP contribution < -0.4 is 5.73 Å². The zero-order valence-corrected chi connectivity index (χ0v) is 10.7. The van der Waals surface area contributed by atoms with Gasteiger partial charge in [0, 0.05) is 25.3 Å². The van der Waals surface area contributed by atoms with Gasteiger partial charge in [-0.2, -0.15) is 5.10 Å². The van der Waals surface area contributed by atoms with Crippen LogP contribution in [0.2, 0.25) is 0 Å². The molecule has 3 unspecified atom stereocenters. The SMILES string of the molecule is CN1C2CCC1CC(C(N)c1ccn(C)n1)C2. The van der Waals surface area contributed by atoms with Gasteiger partial charge >= 0.3 is 0 Å². The Bertz CT molecular complexity index is 386. The van der Waals surface area contributed by atoms with Crippen molar-refractivity contribution in [1.29, 1.82) is 0 Å². The lowest BCUT2D eigenvalue weighted by atomic mass is 9.84. The lowest BCUT2D eigenvalue weighted by Crippen LogP contribution is -2.42. The Hall–Kier alpha value is -0.870. The van der Waals surface area contributed by atoms with Gasteiger partial charge in [-0.05, 0) is 44.7 Å². The van der Waals surface area contributed by atoms with Crippen molar-refractivity contribution in [2.75, 3.05) is 7.05 Å². The van der Waals surface area contributed by atoms with E-state index in [1.807, 2.05) is 17.9 Å². The average molecular weight is 234 g/mol. The lowest BCUT2D eigenvalue weighted by molar-refractivity contribution is 0.120. The highest BCUT2D eigenvalue weighted by Gasteiger charge is 2.40. The van der Waals surface area contributed by atoms with Gasteiger partial charge in [0.25, 0.3) is 0 Å². The molecule has 2 saturated heterocycles. The van der Waals surface area contributed by atoms with Crippen molar-refractivity contribution in [3.8, 4) is 0 Å². The topological polar surface area (TPSA) is 47.1 Å². The molecule has 2 bridgehead atoms. The fraction of sp³-hybridized carbons (Fsp3) is 0.769. The Morgan fingerprint density at radius 3 is 2.47 bits per heavy atom. The molecule has 0 spiro atoms. The van der Waals surface area contributed by atoms with E-state index in [0.29, 0.717) is 5.92 Å². The van der Waals surface area contributed by atoms with E-state index in [9.17, 15) is 0 Å². The molecule has 3 heterocycles. The average Bonchev–Trinajstić information content (AvgIpc) is 2.79. The minimum Gasteiger partial charge on any atom is -0.322 e. The Morgan fingerprint density at radius 1 is 1.29 bits per heavy atom. The Balaban J connectivity index is 1.74. The minimum atomic E-state index is 0.119. The van der Waals surface area contributed by atoms with E-state index in [1.54, 1.807) is 0 Å². The van der Waals surface area contributed by atoms with Crippen LogP contribution in [0, 0.1) is 5.92 Å². The predicted molar refractivity (Wildman–Crippen MR) is 67.4 cm³/mol. The summed E-state index contributed by atoms with van der Waals surface area (Å²) in [7, 11) is 4.22. The number of aryl methyl sites for hydroxylation is 1. The minimum absolute atomic E-state index is 0.119. The van der Waals surface area contributed by atoms with E-state index >= 15 is 0 Å². The molecule has 1 aromatic rings. The number of nitrogens with two attached hydrogens (primary N) is 1. The summed E-state index contributed by atoms with van der Waals surface area (Å²) in [4.78, 5) is 2.56. The Labute approximate surface area is 103 Å². The summed E-state index contributed by atoms with van der Waals surface area (Å²) in [5.74, 6) is 0.610. The molecule has 0 saturated carbocycles. The maximum atomic E-state index is 6.39. The fourth-order valence-corrected chi connectivity index (χ4v) is 3.60. The third-order valence-electron chi connectivity index (χ3n) is 4.72. The van der Waals surface area contributed by atoms with Crippen LogP contribution in [-0.4, -0.2) is 33.8 Å². The molecule has 94 valence electrons. The fourth-order valence-electron chi connectivity index (χ4n) is 3.60. The molecule has 2 N–H and O–H groups in total. The molecule has 2 aliphatic rings. The standard InChI is InChI=1S/C13H22N4/c1-16-6-5-12(15-16)13(14)9-7-10-3-4-11(8-9)17(10)2/h5-6,9-11,13H,3-4,7-8,14H2,1-2H3. The molecule has 1 aromatic heterocycles. The first-order valence-electron chi connectivity index (χ1n) is 6.62. The highest BCUT2D eigenvalue weighted by atomic mass is 15.3. The van der Waals surface area contributed by atoms with Crippen LogP contribution in [0.4, 0.5) is 0 Å². The molecule has 2 aliphatic heterocycles. The van der Waals surface area contributed by atoms with Crippen molar-refractivity contribution < 1.29 is 0 Å². The van der Waals surface area contributed by atoms with Crippen molar-refractivity contribution in [1.82, 2.24) is 14.7 Å². The summed E-state index contributed by atoms with van der Waals surface area (Å²) in [6.07, 6.45) is 7.17. The lowest BCUT2D eigenvalue weighted by Gasteiger charge is -2.38. The van der Waals surface area contributed by atoms with Crippen molar-refractivity contribution in [2.24, 2.45) is 18.7 Å². The molecule has 4 nitrogen and oxygen atoms in total. The highest BCUT2D eigenvalue weighted by Crippen LogP contribution is 2.41. The van der Waals surface area contributed by atoms with E-state index in [4.69, 9.17) is 5.73 Å². The van der Waals surface area contributed by atoms with E-state index in [-0.39, 0.29) is 6.04 Å². The molecular formula is C13H22N4. The van der Waals surface area contributed by atoms with Crippen LogP contribution in [0.15, 0.2) is 12.3 Å². The van der Waals surface area contributed by atoms with E-state index in [1.165, 1.54) is 25.7 Å². The summed E-state index contributed by atoms with van der Waals surface area (Å²) < 4.78 is 1.85. The maximum Gasteiger partial charge on any atom is 0.0794 e. The molecule has 0 aromatic carbocycles. The number of aromatic nitrogens is 2. The second-order valence-corrected chi connectivity index (χ2v) is 5.72. The van der Waals surface area contributed by atoms with E-state index in [2.05, 4.69) is 23.1 Å². The van der Waals surface area contributed by atoms with Crippen molar-refractivity contribution in [2.45, 2.75) is 43.8 Å². The smallest absolute Gasteiger partial charge is 0.0794 e. The molecule has 17 heavy (non-hydrogen) atoms. The monoisotopic (exact) mass is 234 g/mol. The number of hydrogen-bond donors (Lipinski definition) is 1. The van der Waals surface area contributed by atoms with Gasteiger partial charge in [0.15, 0.2) is 0 Å². The zero-order valence-electron chi connectivity index (χ0n) is 10.7. The molecule has 3 rings (SSSR count). The molecule has 3 atom stereocenters. The maximum absolute atomic E-state index is 6.39. The second kappa shape index (κ2) is 4.10. The van der Waals surface area contributed by atoms with Crippen LogP contribution in [0.5, 0.6) is 0 Å². The van der Waals surface area contributed by atoms with Gasteiger partial charge in [0.2, 0.25) is 0 Å². The quantitative estimate of drug-likeness (QED) is 0.839. The third kappa shape index (κ3) is 1.89. The van der Waals surface area contributed by atoms with E-state index < -0.39 is 0 Å². The Morgan fingerprint density at radius 2 is 1.94 bits per heavy atom. The normalized spacial score (nSPS) is 35.1. The highest BCUT2D eigenvalue weighted by molar-refractivity contribution is 5.08. The van der Waals surface area contributed by atoms with Gasteiger partial charge < -0.3 is 10.6 Å². The Kier molecular flexibility index (Phi) is 2.71. The van der Waals surface area contributed by atoms with Gasteiger partial charge in [-0.25, -0.2) is 0 Å². The van der Waals surface area contributed by atoms with E-state index in [0.717, 1.165) is 17.8 Å². The molecule has 2 fully saturated rings. The number of piperidine rings is 1. The summed E-state index contributed by atoms with van der Waals surface area (Å²) in [6, 6.07) is 3.69. The van der Waals surface area contributed by atoms with Crippen LogP contribution >= 0.6 is 0 Å². The zero-order chi connectivity index (χ0) is 12.0. The number of fused-ring (bicyclic) bond motifs is 2. The van der Waals surface area contributed by atoms with Crippen molar-refractivity contribution >= 4 is 0 Å². The van der Waals surface area contributed by atoms with Gasteiger partial charge in [-0.15, -0.1) is 0 Å². The van der Waals surface area contributed by atoms with Crippen LogP contribution in [0.1, 0.15) is 37.4 Å². The first-order chi connectivity index (χ1) is 8.15. The third-order valence-corrected chi connectivity index (χ3v) is 4.72. The van der Waals surface area contributed by atoms with Gasteiger partial charge in [0.05, 0.1) is 11.7 Å². The first-order valence-corrected chi connectivity index (χ1v) is 6.62. The molecule has 4 heteroatoms. The van der Waals surface area contributed by atoms with Gasteiger partial charge in [-0.1, -0.05) is 0 Å². The first kappa shape index (κ1) is 11.2.